The fraction of sp³-hybridized carbons (Fsp3) is 0.350. The van der Waals surface area contributed by atoms with E-state index < -0.39 is 9.84 Å². The van der Waals surface area contributed by atoms with Gasteiger partial charge in [-0.2, -0.15) is 0 Å². The predicted molar refractivity (Wildman–Crippen MR) is 102 cm³/mol. The third-order valence-corrected chi connectivity index (χ3v) is 7.04. The Morgan fingerprint density at radius 2 is 1.63 bits per heavy atom. The first-order valence-corrected chi connectivity index (χ1v) is 10.8. The molecule has 0 unspecified atom stereocenters. The van der Waals surface area contributed by atoms with Crippen molar-refractivity contribution in [3.05, 3.63) is 66.0 Å². The van der Waals surface area contributed by atoms with E-state index in [4.69, 9.17) is 0 Å². The van der Waals surface area contributed by atoms with Crippen LogP contribution in [0.15, 0.2) is 54.6 Å². The molecule has 2 heterocycles. The number of amides is 1. The van der Waals surface area contributed by atoms with Gasteiger partial charge in [0.15, 0.2) is 9.84 Å². The van der Waals surface area contributed by atoms with Crippen LogP contribution in [0.25, 0.3) is 0 Å². The summed E-state index contributed by atoms with van der Waals surface area (Å²) >= 11 is 0. The number of halogens is 1. The normalized spacial score (nSPS) is 24.8. The summed E-state index contributed by atoms with van der Waals surface area (Å²) in [6.45, 7) is 0.753. The van der Waals surface area contributed by atoms with Crippen LogP contribution in [0.5, 0.6) is 0 Å². The third-order valence-electron chi connectivity index (χ3n) is 5.34. The van der Waals surface area contributed by atoms with Crippen LogP contribution in [0.3, 0.4) is 0 Å². The number of fused-ring (bicyclic) bond motifs is 1. The average Bonchev–Trinajstić information content (AvgIpc) is 2.96. The lowest BCUT2D eigenvalue weighted by Gasteiger charge is -2.43. The Morgan fingerprint density at radius 1 is 0.963 bits per heavy atom. The molecular formula is C20H21FN2O3S. The Labute approximate surface area is 158 Å². The zero-order chi connectivity index (χ0) is 19.0. The van der Waals surface area contributed by atoms with Gasteiger partial charge in [0.2, 0.25) is 5.91 Å². The zero-order valence-electron chi connectivity index (χ0n) is 14.8. The van der Waals surface area contributed by atoms with Crippen LogP contribution in [0, 0.1) is 5.82 Å². The topological polar surface area (TPSA) is 57.7 Å². The fourth-order valence-electron chi connectivity index (χ4n) is 4.05. The Bertz CT molecular complexity index is 931. The summed E-state index contributed by atoms with van der Waals surface area (Å²) in [5, 5.41) is 0. The number of nitrogens with zero attached hydrogens (tertiary/aromatic N) is 2. The maximum Gasteiger partial charge on any atom is 0.241 e. The number of hydrogen-bond acceptors (Lipinski definition) is 4. The lowest BCUT2D eigenvalue weighted by molar-refractivity contribution is -0.123. The van der Waals surface area contributed by atoms with E-state index in [1.807, 2.05) is 35.2 Å². The Kier molecular flexibility index (Phi) is 4.74. The number of anilines is 1. The number of piperazine rings is 1. The van der Waals surface area contributed by atoms with Gasteiger partial charge in [0.1, 0.15) is 5.82 Å². The van der Waals surface area contributed by atoms with Crippen molar-refractivity contribution in [1.29, 1.82) is 0 Å². The van der Waals surface area contributed by atoms with Gasteiger partial charge in [0, 0.05) is 18.3 Å². The van der Waals surface area contributed by atoms with Crippen molar-refractivity contribution in [3.8, 4) is 0 Å². The minimum Gasteiger partial charge on any atom is -0.306 e. The molecule has 7 heteroatoms. The van der Waals surface area contributed by atoms with E-state index in [0.29, 0.717) is 13.0 Å². The minimum absolute atomic E-state index is 0.00858. The molecule has 2 aliphatic heterocycles. The van der Waals surface area contributed by atoms with Gasteiger partial charge < -0.3 is 4.90 Å². The van der Waals surface area contributed by atoms with E-state index in [1.54, 1.807) is 17.0 Å². The van der Waals surface area contributed by atoms with Crippen molar-refractivity contribution < 1.29 is 17.6 Å². The van der Waals surface area contributed by atoms with Crippen LogP contribution >= 0.6 is 0 Å². The second-order valence-electron chi connectivity index (χ2n) is 7.16. The van der Waals surface area contributed by atoms with Crippen LogP contribution in [-0.4, -0.2) is 55.9 Å². The second-order valence-corrected chi connectivity index (χ2v) is 9.31. The summed E-state index contributed by atoms with van der Waals surface area (Å²) in [7, 11) is -3.20. The highest BCUT2D eigenvalue weighted by molar-refractivity contribution is 7.91. The maximum absolute atomic E-state index is 13.1. The highest BCUT2D eigenvalue weighted by atomic mass is 32.2. The molecule has 2 aliphatic rings. The number of benzene rings is 2. The van der Waals surface area contributed by atoms with Gasteiger partial charge in [-0.15, -0.1) is 0 Å². The number of carbonyl (C=O) groups excluding carboxylic acids is 1. The first kappa shape index (κ1) is 18.1. The summed E-state index contributed by atoms with van der Waals surface area (Å²) < 4.78 is 37.7. The van der Waals surface area contributed by atoms with E-state index in [1.165, 1.54) is 12.1 Å². The first-order valence-electron chi connectivity index (χ1n) is 8.99. The number of hydrogen-bond donors (Lipinski definition) is 0. The van der Waals surface area contributed by atoms with Gasteiger partial charge in [-0.05, 0) is 36.2 Å². The van der Waals surface area contributed by atoms with Gasteiger partial charge in [-0.3, -0.25) is 9.69 Å². The Hall–Kier alpha value is -2.25. The van der Waals surface area contributed by atoms with Crippen molar-refractivity contribution >= 4 is 21.4 Å². The molecule has 0 aliphatic carbocycles. The molecule has 2 saturated heterocycles. The number of sulfone groups is 1. The molecule has 0 bridgehead atoms. The molecule has 2 aromatic carbocycles. The van der Waals surface area contributed by atoms with Gasteiger partial charge >= 0.3 is 0 Å². The second kappa shape index (κ2) is 7.05. The molecule has 2 fully saturated rings. The molecule has 2 atom stereocenters. The summed E-state index contributed by atoms with van der Waals surface area (Å²) in [6.07, 6.45) is 0.641. The Morgan fingerprint density at radius 3 is 2.33 bits per heavy atom. The summed E-state index contributed by atoms with van der Waals surface area (Å²) in [5.74, 6) is -0.311. The first-order chi connectivity index (χ1) is 12.9. The molecule has 27 heavy (non-hydrogen) atoms. The molecular weight excluding hydrogens is 367 g/mol. The van der Waals surface area contributed by atoms with Crippen molar-refractivity contribution in [2.75, 3.05) is 29.5 Å². The smallest absolute Gasteiger partial charge is 0.241 e. The van der Waals surface area contributed by atoms with E-state index in [0.717, 1.165) is 11.3 Å². The van der Waals surface area contributed by atoms with E-state index >= 15 is 0 Å². The maximum atomic E-state index is 13.1. The highest BCUT2D eigenvalue weighted by Gasteiger charge is 2.49. The van der Waals surface area contributed by atoms with Crippen molar-refractivity contribution in [2.24, 2.45) is 0 Å². The predicted octanol–water partition coefficient (Wildman–Crippen LogP) is 1.88. The third kappa shape index (κ3) is 3.75. The quantitative estimate of drug-likeness (QED) is 0.803. The molecule has 2 aromatic rings. The fourth-order valence-corrected chi connectivity index (χ4v) is 6.03. The summed E-state index contributed by atoms with van der Waals surface area (Å²) in [6, 6.07) is 14.9. The lowest BCUT2D eigenvalue weighted by atomic mass is 10.0. The van der Waals surface area contributed by atoms with E-state index in [9.17, 15) is 17.6 Å². The SMILES string of the molecule is O=C1CN(CCc2ccc(F)cc2)[C@@H]2CS(=O)(=O)C[C@@H]2N1c1ccccc1. The minimum atomic E-state index is -3.20. The lowest BCUT2D eigenvalue weighted by Crippen LogP contribution is -2.62. The summed E-state index contributed by atoms with van der Waals surface area (Å²) in [5.41, 5.74) is 1.71. The molecule has 5 nitrogen and oxygen atoms in total. The standard InChI is InChI=1S/C20H21FN2O3S/c21-16-8-6-15(7-9-16)10-11-22-12-20(24)23(17-4-2-1-3-5-17)19-14-27(25,26)13-18(19)22/h1-9,18-19H,10-14H2/t18-,19+/m1/s1. The Balaban J connectivity index is 1.57. The molecule has 0 saturated carbocycles. The molecule has 0 spiro atoms. The van der Waals surface area contributed by atoms with Crippen LogP contribution < -0.4 is 4.90 Å². The summed E-state index contributed by atoms with van der Waals surface area (Å²) in [4.78, 5) is 16.5. The monoisotopic (exact) mass is 388 g/mol. The van der Waals surface area contributed by atoms with Gasteiger partial charge in [0.25, 0.3) is 0 Å². The van der Waals surface area contributed by atoms with Crippen LogP contribution in [0.4, 0.5) is 10.1 Å². The van der Waals surface area contributed by atoms with Gasteiger partial charge in [-0.25, -0.2) is 12.8 Å². The van der Waals surface area contributed by atoms with E-state index in [-0.39, 0.29) is 41.9 Å². The zero-order valence-corrected chi connectivity index (χ0v) is 15.6. The molecule has 0 N–H and O–H groups in total. The van der Waals surface area contributed by atoms with Crippen molar-refractivity contribution in [3.63, 3.8) is 0 Å². The van der Waals surface area contributed by atoms with Crippen LogP contribution in [0.1, 0.15) is 5.56 Å². The molecule has 0 radical (unpaired) electrons. The van der Waals surface area contributed by atoms with Crippen molar-refractivity contribution in [2.45, 2.75) is 18.5 Å². The van der Waals surface area contributed by atoms with Crippen LogP contribution in [-0.2, 0) is 21.1 Å². The van der Waals surface area contributed by atoms with Gasteiger partial charge in [-0.1, -0.05) is 30.3 Å². The number of rotatable bonds is 4. The number of para-hydroxylation sites is 1. The molecule has 1 amide bonds. The highest BCUT2D eigenvalue weighted by Crippen LogP contribution is 2.31. The van der Waals surface area contributed by atoms with Crippen LogP contribution in [0.2, 0.25) is 0 Å². The molecule has 0 aromatic heterocycles. The van der Waals surface area contributed by atoms with Gasteiger partial charge in [0.05, 0.1) is 24.1 Å². The number of carbonyl (C=O) groups is 1. The van der Waals surface area contributed by atoms with E-state index in [2.05, 4.69) is 0 Å². The molecule has 4 rings (SSSR count). The average molecular weight is 388 g/mol. The van der Waals surface area contributed by atoms with Crippen molar-refractivity contribution in [1.82, 2.24) is 4.90 Å². The molecule has 142 valence electrons. The largest absolute Gasteiger partial charge is 0.306 e.